The SMILES string of the molecule is O=C(COc1cccc([C@](O)(C(=O)OCC2CCN(Cc3ccccc3)CC2)c2ccccc2)c1)N[C@H]1CC[C@H](C(=O)N2CCC(CNC[C@H](O)c3ccc(O)c4[nH]c(=O)ccc34)CC2)CC1. The van der Waals surface area contributed by atoms with Crippen molar-refractivity contribution in [3.05, 3.63) is 142 Å². The van der Waals surface area contributed by atoms with Crippen LogP contribution in [0.3, 0.4) is 0 Å². The number of phenolic OH excluding ortho intramolecular Hbond substituents is 1. The average molecular weight is 914 g/mol. The number of nitrogens with zero attached hydrogens (tertiary/aromatic N) is 2. The van der Waals surface area contributed by atoms with E-state index >= 15 is 0 Å². The van der Waals surface area contributed by atoms with Gasteiger partial charge in [0.15, 0.2) is 6.61 Å². The molecule has 67 heavy (non-hydrogen) atoms. The normalized spacial score (nSPS) is 19.9. The molecule has 2 atom stereocenters. The van der Waals surface area contributed by atoms with Crippen LogP contribution in [0, 0.1) is 17.8 Å². The molecule has 2 saturated heterocycles. The first-order valence-corrected chi connectivity index (χ1v) is 23.8. The highest BCUT2D eigenvalue weighted by atomic mass is 16.5. The van der Waals surface area contributed by atoms with E-state index in [1.165, 1.54) is 17.7 Å². The molecule has 5 aromatic rings. The number of aliphatic hydroxyl groups excluding tert-OH is 1. The van der Waals surface area contributed by atoms with E-state index in [2.05, 4.69) is 44.8 Å². The van der Waals surface area contributed by atoms with Crippen molar-refractivity contribution in [3.8, 4) is 11.5 Å². The Balaban J connectivity index is 0.752. The van der Waals surface area contributed by atoms with Gasteiger partial charge in [0.25, 0.3) is 5.91 Å². The molecule has 4 aromatic carbocycles. The molecule has 0 spiro atoms. The molecule has 3 aliphatic rings. The van der Waals surface area contributed by atoms with E-state index in [-0.39, 0.29) is 59.8 Å². The highest BCUT2D eigenvalue weighted by Gasteiger charge is 2.42. The standard InChI is InChI=1S/C53H63N5O9/c59-46-20-18-44(45-19-21-48(61)56-50(45)46)47(60)32-54-31-36-24-28-58(29-25-36)51(63)39-14-16-42(17-15-39)55-49(62)35-66-43-13-7-12-41(30-43)53(65,40-10-5-2-6-11-40)52(64)67-34-38-22-26-57(27-23-38)33-37-8-3-1-4-9-37/h1-13,18-21,30,36,38-39,42,47,54,59-60,65H,14-17,22-29,31-35H2,(H,55,62)(H,56,61)/t39-,42-,47-,53-/m0/s1. The Bertz CT molecular complexity index is 2500. The van der Waals surface area contributed by atoms with E-state index < -0.39 is 17.7 Å². The van der Waals surface area contributed by atoms with Crippen LogP contribution in [0.25, 0.3) is 10.9 Å². The van der Waals surface area contributed by atoms with Crippen molar-refractivity contribution >= 4 is 28.7 Å². The zero-order valence-corrected chi connectivity index (χ0v) is 38.0. The summed E-state index contributed by atoms with van der Waals surface area (Å²) in [6, 6.07) is 31.8. The van der Waals surface area contributed by atoms with Gasteiger partial charge in [0.2, 0.25) is 17.1 Å². The largest absolute Gasteiger partial charge is 0.506 e. The first kappa shape index (κ1) is 47.4. The number of aromatic hydroxyl groups is 1. The lowest BCUT2D eigenvalue weighted by Gasteiger charge is -2.36. The number of ether oxygens (including phenoxy) is 2. The first-order valence-electron chi connectivity index (χ1n) is 23.8. The van der Waals surface area contributed by atoms with E-state index in [9.17, 15) is 34.5 Å². The molecule has 1 aliphatic carbocycles. The number of esters is 1. The lowest BCUT2D eigenvalue weighted by atomic mass is 9.84. The van der Waals surface area contributed by atoms with Gasteiger partial charge in [-0.3, -0.25) is 19.3 Å². The highest BCUT2D eigenvalue weighted by molar-refractivity contribution is 5.87. The lowest BCUT2D eigenvalue weighted by molar-refractivity contribution is -0.164. The third-order valence-electron chi connectivity index (χ3n) is 13.9. The fraction of sp³-hybridized carbons (Fsp3) is 0.434. The first-order chi connectivity index (χ1) is 32.5. The quantitative estimate of drug-likeness (QED) is 0.0642. The van der Waals surface area contributed by atoms with Crippen LogP contribution < -0.4 is 20.9 Å². The molecule has 3 heterocycles. The van der Waals surface area contributed by atoms with Crippen molar-refractivity contribution in [2.24, 2.45) is 17.8 Å². The predicted molar refractivity (Wildman–Crippen MR) is 254 cm³/mol. The Kier molecular flexibility index (Phi) is 15.7. The number of aliphatic hydroxyl groups is 2. The molecule has 0 unspecified atom stereocenters. The summed E-state index contributed by atoms with van der Waals surface area (Å²) < 4.78 is 11.8. The second-order valence-electron chi connectivity index (χ2n) is 18.5. The fourth-order valence-electron chi connectivity index (χ4n) is 9.95. The van der Waals surface area contributed by atoms with Gasteiger partial charge < -0.3 is 45.3 Å². The molecule has 2 amide bonds. The van der Waals surface area contributed by atoms with Gasteiger partial charge in [-0.2, -0.15) is 0 Å². The minimum atomic E-state index is -2.09. The topological polar surface area (TPSA) is 194 Å². The van der Waals surface area contributed by atoms with Gasteiger partial charge in [-0.1, -0.05) is 78.9 Å². The molecular weight excluding hydrogens is 851 g/mol. The number of fused-ring (bicyclic) bond motifs is 1. The van der Waals surface area contributed by atoms with Gasteiger partial charge >= 0.3 is 5.97 Å². The summed E-state index contributed by atoms with van der Waals surface area (Å²) >= 11 is 0. The summed E-state index contributed by atoms with van der Waals surface area (Å²) in [6.07, 6.45) is 5.41. The number of benzene rings is 4. The molecule has 14 nitrogen and oxygen atoms in total. The van der Waals surface area contributed by atoms with Gasteiger partial charge in [-0.25, -0.2) is 4.79 Å². The van der Waals surface area contributed by atoms with Crippen molar-refractivity contribution in [2.45, 2.75) is 75.7 Å². The highest BCUT2D eigenvalue weighted by Crippen LogP contribution is 2.35. The van der Waals surface area contributed by atoms with Gasteiger partial charge in [-0.05, 0) is 124 Å². The minimum Gasteiger partial charge on any atom is -0.506 e. The Labute approximate surface area is 391 Å². The maximum Gasteiger partial charge on any atom is 0.347 e. The van der Waals surface area contributed by atoms with Crippen LogP contribution in [-0.2, 0) is 31.3 Å². The molecule has 3 fully saturated rings. The number of pyridine rings is 1. The van der Waals surface area contributed by atoms with Gasteiger partial charge in [0, 0.05) is 55.2 Å². The number of likely N-dealkylation sites (tertiary alicyclic amines) is 2. The summed E-state index contributed by atoms with van der Waals surface area (Å²) in [5, 5.41) is 40.3. The zero-order chi connectivity index (χ0) is 46.8. The van der Waals surface area contributed by atoms with Crippen molar-refractivity contribution < 1.29 is 39.2 Å². The number of H-pyrrole nitrogens is 1. The van der Waals surface area contributed by atoms with Crippen molar-refractivity contribution in [2.75, 3.05) is 52.5 Å². The number of phenols is 1. The van der Waals surface area contributed by atoms with Crippen molar-refractivity contribution in [1.82, 2.24) is 25.4 Å². The van der Waals surface area contributed by atoms with Gasteiger partial charge in [-0.15, -0.1) is 0 Å². The number of amides is 2. The molecule has 6 N–H and O–H groups in total. The predicted octanol–water partition coefficient (Wildman–Crippen LogP) is 5.54. The van der Waals surface area contributed by atoms with Crippen LogP contribution in [0.4, 0.5) is 0 Å². The van der Waals surface area contributed by atoms with Gasteiger partial charge in [0.05, 0.1) is 18.2 Å². The second-order valence-corrected chi connectivity index (χ2v) is 18.5. The second kappa shape index (κ2) is 22.2. The molecule has 8 rings (SSSR count). The number of rotatable bonds is 17. The summed E-state index contributed by atoms with van der Waals surface area (Å²) in [4.78, 5) is 59.3. The maximum atomic E-state index is 13.9. The molecule has 2 aliphatic heterocycles. The molecule has 0 bridgehead atoms. The molecular formula is C53H63N5O9. The van der Waals surface area contributed by atoms with E-state index in [0.717, 1.165) is 45.3 Å². The number of carbonyl (C=O) groups excluding carboxylic acids is 3. The summed E-state index contributed by atoms with van der Waals surface area (Å²) in [5.41, 5.74) is 0.424. The molecule has 354 valence electrons. The van der Waals surface area contributed by atoms with Crippen LogP contribution >= 0.6 is 0 Å². The van der Waals surface area contributed by atoms with Crippen LogP contribution in [-0.4, -0.2) is 106 Å². The smallest absolute Gasteiger partial charge is 0.347 e. The Morgan fingerprint density at radius 1 is 0.776 bits per heavy atom. The summed E-state index contributed by atoms with van der Waals surface area (Å²) in [7, 11) is 0. The van der Waals surface area contributed by atoms with E-state index in [4.69, 9.17) is 9.47 Å². The minimum absolute atomic E-state index is 0.0475. The van der Waals surface area contributed by atoms with Gasteiger partial charge in [0.1, 0.15) is 11.5 Å². The van der Waals surface area contributed by atoms with E-state index in [1.54, 1.807) is 60.7 Å². The Hall–Kier alpha value is -6.06. The third kappa shape index (κ3) is 11.9. The summed E-state index contributed by atoms with van der Waals surface area (Å²) in [5.74, 6) is -0.132. The number of hydrogen-bond acceptors (Lipinski definition) is 11. The Morgan fingerprint density at radius 2 is 1.46 bits per heavy atom. The van der Waals surface area contributed by atoms with Crippen LogP contribution in [0.15, 0.2) is 114 Å². The number of nitrogens with one attached hydrogen (secondary N) is 3. The number of aromatic amines is 1. The van der Waals surface area contributed by atoms with Crippen LogP contribution in [0.2, 0.25) is 0 Å². The Morgan fingerprint density at radius 3 is 2.19 bits per heavy atom. The number of piperidine rings is 2. The van der Waals surface area contributed by atoms with E-state index in [1.807, 2.05) is 17.0 Å². The maximum absolute atomic E-state index is 13.9. The van der Waals surface area contributed by atoms with Crippen LogP contribution in [0.5, 0.6) is 11.5 Å². The molecule has 14 heteroatoms. The zero-order valence-electron chi connectivity index (χ0n) is 38.0. The lowest BCUT2D eigenvalue weighted by Crippen LogP contribution is -2.46. The molecule has 1 aromatic heterocycles. The average Bonchev–Trinajstić information content (AvgIpc) is 3.36. The molecule has 0 radical (unpaired) electrons. The number of aromatic nitrogens is 1. The van der Waals surface area contributed by atoms with E-state index in [0.29, 0.717) is 85.6 Å². The molecule has 1 saturated carbocycles. The summed E-state index contributed by atoms with van der Waals surface area (Å²) in [6.45, 7) is 5.02. The fourth-order valence-corrected chi connectivity index (χ4v) is 9.95. The van der Waals surface area contributed by atoms with Crippen molar-refractivity contribution in [1.29, 1.82) is 0 Å². The van der Waals surface area contributed by atoms with Crippen LogP contribution in [0.1, 0.15) is 79.7 Å². The monoisotopic (exact) mass is 913 g/mol. The van der Waals surface area contributed by atoms with Crippen molar-refractivity contribution in [3.63, 3.8) is 0 Å². The third-order valence-corrected chi connectivity index (χ3v) is 13.9. The number of hydrogen-bond donors (Lipinski definition) is 6. The number of carbonyl (C=O) groups is 3.